The highest BCUT2D eigenvalue weighted by Gasteiger charge is 2.27. The molecule has 0 aromatic carbocycles. The summed E-state index contributed by atoms with van der Waals surface area (Å²) in [5.41, 5.74) is 0. The normalized spacial score (nSPS) is 25.8. The lowest BCUT2D eigenvalue weighted by atomic mass is 10.0. The van der Waals surface area contributed by atoms with Crippen molar-refractivity contribution in [2.75, 3.05) is 26.2 Å². The van der Waals surface area contributed by atoms with Crippen molar-refractivity contribution < 1.29 is 4.74 Å². The molecule has 17 heavy (non-hydrogen) atoms. The van der Waals surface area contributed by atoms with E-state index < -0.39 is 0 Å². The van der Waals surface area contributed by atoms with Crippen LogP contribution in [0.4, 0.5) is 0 Å². The molecule has 3 unspecified atom stereocenters. The first-order valence-electron chi connectivity index (χ1n) is 7.31. The van der Waals surface area contributed by atoms with E-state index >= 15 is 0 Å². The van der Waals surface area contributed by atoms with Crippen LogP contribution in [-0.2, 0) is 4.74 Å². The Morgan fingerprint density at radius 1 is 1.35 bits per heavy atom. The monoisotopic (exact) mass is 242 g/mol. The molecular weight excluding hydrogens is 212 g/mol. The standard InChI is InChI=1S/C14H30N2O/c1-5-14(15-6-2)12(4)16-10-8-9-13(11-16)17-7-3/h12-15H,5-11H2,1-4H3. The molecule has 0 aromatic heterocycles. The summed E-state index contributed by atoms with van der Waals surface area (Å²) in [6.45, 7) is 13.1. The highest BCUT2D eigenvalue weighted by atomic mass is 16.5. The Labute approximate surface area is 107 Å². The van der Waals surface area contributed by atoms with E-state index in [-0.39, 0.29) is 0 Å². The third-order valence-corrected chi connectivity index (χ3v) is 3.88. The number of hydrogen-bond donors (Lipinski definition) is 1. The van der Waals surface area contributed by atoms with Crippen molar-refractivity contribution in [1.82, 2.24) is 10.2 Å². The average Bonchev–Trinajstić information content (AvgIpc) is 2.36. The van der Waals surface area contributed by atoms with Gasteiger partial charge in [-0.1, -0.05) is 13.8 Å². The second-order valence-corrected chi connectivity index (χ2v) is 5.03. The third kappa shape index (κ3) is 4.57. The van der Waals surface area contributed by atoms with Crippen LogP contribution in [0.2, 0.25) is 0 Å². The molecule has 0 saturated carbocycles. The summed E-state index contributed by atoms with van der Waals surface area (Å²) in [5, 5.41) is 3.59. The minimum atomic E-state index is 0.454. The van der Waals surface area contributed by atoms with E-state index in [2.05, 4.69) is 37.9 Å². The molecule has 1 N–H and O–H groups in total. The van der Waals surface area contributed by atoms with Crippen LogP contribution in [0.25, 0.3) is 0 Å². The first-order chi connectivity index (χ1) is 8.22. The summed E-state index contributed by atoms with van der Waals surface area (Å²) < 4.78 is 5.77. The molecule has 102 valence electrons. The molecule has 1 rings (SSSR count). The molecule has 0 aliphatic carbocycles. The molecule has 1 saturated heterocycles. The maximum absolute atomic E-state index is 5.77. The van der Waals surface area contributed by atoms with Gasteiger partial charge in [0.1, 0.15) is 0 Å². The fourth-order valence-electron chi connectivity index (χ4n) is 2.88. The predicted octanol–water partition coefficient (Wildman–Crippen LogP) is 2.26. The summed E-state index contributed by atoms with van der Waals surface area (Å²) >= 11 is 0. The number of ether oxygens (including phenoxy) is 1. The van der Waals surface area contributed by atoms with E-state index in [0.717, 1.165) is 19.7 Å². The Balaban J connectivity index is 2.46. The molecule has 1 heterocycles. The molecule has 0 amide bonds. The first-order valence-corrected chi connectivity index (χ1v) is 7.31. The van der Waals surface area contributed by atoms with Gasteiger partial charge in [0.15, 0.2) is 0 Å². The molecule has 0 aromatic rings. The van der Waals surface area contributed by atoms with Crippen molar-refractivity contribution >= 4 is 0 Å². The molecule has 3 nitrogen and oxygen atoms in total. The smallest absolute Gasteiger partial charge is 0.0702 e. The molecule has 3 atom stereocenters. The van der Waals surface area contributed by atoms with Crippen molar-refractivity contribution in [3.05, 3.63) is 0 Å². The maximum atomic E-state index is 5.77. The highest BCUT2D eigenvalue weighted by Crippen LogP contribution is 2.18. The van der Waals surface area contributed by atoms with Gasteiger partial charge in [-0.05, 0) is 46.2 Å². The van der Waals surface area contributed by atoms with Gasteiger partial charge in [-0.3, -0.25) is 4.90 Å². The molecule has 0 spiro atoms. The number of likely N-dealkylation sites (tertiary alicyclic amines) is 1. The average molecular weight is 242 g/mol. The molecular formula is C14H30N2O. The van der Waals surface area contributed by atoms with E-state index in [1.807, 2.05) is 0 Å². The van der Waals surface area contributed by atoms with E-state index in [9.17, 15) is 0 Å². The van der Waals surface area contributed by atoms with Crippen molar-refractivity contribution in [3.8, 4) is 0 Å². The van der Waals surface area contributed by atoms with Crippen molar-refractivity contribution in [2.24, 2.45) is 0 Å². The fourth-order valence-corrected chi connectivity index (χ4v) is 2.88. The third-order valence-electron chi connectivity index (χ3n) is 3.88. The van der Waals surface area contributed by atoms with Crippen molar-refractivity contribution in [3.63, 3.8) is 0 Å². The van der Waals surface area contributed by atoms with E-state index in [4.69, 9.17) is 4.74 Å². The van der Waals surface area contributed by atoms with Crippen LogP contribution in [0, 0.1) is 0 Å². The summed E-state index contributed by atoms with van der Waals surface area (Å²) in [6, 6.07) is 1.23. The lowest BCUT2D eigenvalue weighted by molar-refractivity contribution is -0.0101. The number of nitrogens with one attached hydrogen (secondary N) is 1. The summed E-state index contributed by atoms with van der Waals surface area (Å²) in [7, 11) is 0. The Morgan fingerprint density at radius 2 is 2.12 bits per heavy atom. The Hall–Kier alpha value is -0.120. The van der Waals surface area contributed by atoms with Gasteiger partial charge in [0.05, 0.1) is 6.10 Å². The summed E-state index contributed by atoms with van der Waals surface area (Å²) in [6.07, 6.45) is 4.16. The van der Waals surface area contributed by atoms with Gasteiger partial charge in [-0.25, -0.2) is 0 Å². The van der Waals surface area contributed by atoms with Gasteiger partial charge in [0.25, 0.3) is 0 Å². The number of hydrogen-bond acceptors (Lipinski definition) is 3. The Bertz CT molecular complexity index is 197. The number of piperidine rings is 1. The van der Waals surface area contributed by atoms with Crippen LogP contribution in [0.3, 0.4) is 0 Å². The van der Waals surface area contributed by atoms with Crippen LogP contribution in [0.5, 0.6) is 0 Å². The molecule has 1 fully saturated rings. The largest absolute Gasteiger partial charge is 0.377 e. The zero-order chi connectivity index (χ0) is 12.7. The zero-order valence-corrected chi connectivity index (χ0v) is 12.0. The zero-order valence-electron chi connectivity index (χ0n) is 12.0. The minimum absolute atomic E-state index is 0.454. The van der Waals surface area contributed by atoms with Gasteiger partial charge in [0.2, 0.25) is 0 Å². The minimum Gasteiger partial charge on any atom is -0.377 e. The fraction of sp³-hybridized carbons (Fsp3) is 1.00. The molecule has 1 aliphatic heterocycles. The molecule has 1 aliphatic rings. The van der Waals surface area contributed by atoms with Crippen LogP contribution in [-0.4, -0.2) is 49.3 Å². The predicted molar refractivity (Wildman–Crippen MR) is 73.4 cm³/mol. The van der Waals surface area contributed by atoms with Crippen LogP contribution < -0.4 is 5.32 Å². The summed E-state index contributed by atoms with van der Waals surface area (Å²) in [4.78, 5) is 2.60. The van der Waals surface area contributed by atoms with E-state index in [1.54, 1.807) is 0 Å². The van der Waals surface area contributed by atoms with Gasteiger partial charge in [-0.15, -0.1) is 0 Å². The van der Waals surface area contributed by atoms with Gasteiger partial charge in [-0.2, -0.15) is 0 Å². The number of nitrogens with zero attached hydrogens (tertiary/aromatic N) is 1. The Morgan fingerprint density at radius 3 is 2.71 bits per heavy atom. The second kappa shape index (κ2) is 8.06. The van der Waals surface area contributed by atoms with Gasteiger partial charge in [0, 0.05) is 25.2 Å². The van der Waals surface area contributed by atoms with Crippen LogP contribution in [0.1, 0.15) is 47.0 Å². The molecule has 3 heteroatoms. The van der Waals surface area contributed by atoms with Crippen LogP contribution >= 0.6 is 0 Å². The van der Waals surface area contributed by atoms with Gasteiger partial charge < -0.3 is 10.1 Å². The van der Waals surface area contributed by atoms with E-state index in [0.29, 0.717) is 18.2 Å². The first kappa shape index (κ1) is 14.9. The SMILES string of the molecule is CCNC(CC)C(C)N1CCCC(OCC)C1. The summed E-state index contributed by atoms with van der Waals surface area (Å²) in [5.74, 6) is 0. The van der Waals surface area contributed by atoms with Crippen molar-refractivity contribution in [2.45, 2.75) is 65.1 Å². The van der Waals surface area contributed by atoms with Crippen LogP contribution in [0.15, 0.2) is 0 Å². The molecule has 0 bridgehead atoms. The molecule has 0 radical (unpaired) electrons. The van der Waals surface area contributed by atoms with Gasteiger partial charge >= 0.3 is 0 Å². The van der Waals surface area contributed by atoms with E-state index in [1.165, 1.54) is 25.8 Å². The number of rotatable bonds is 7. The maximum Gasteiger partial charge on any atom is 0.0702 e. The topological polar surface area (TPSA) is 24.5 Å². The second-order valence-electron chi connectivity index (χ2n) is 5.03. The lowest BCUT2D eigenvalue weighted by Gasteiger charge is -2.40. The lowest BCUT2D eigenvalue weighted by Crippen LogP contribution is -2.52. The van der Waals surface area contributed by atoms with Crippen molar-refractivity contribution in [1.29, 1.82) is 0 Å². The quantitative estimate of drug-likeness (QED) is 0.741. The highest BCUT2D eigenvalue weighted by molar-refractivity contribution is 4.84. The number of likely N-dealkylation sites (N-methyl/N-ethyl adjacent to an activating group) is 1. The Kier molecular flexibility index (Phi) is 7.09.